The quantitative estimate of drug-likeness (QED) is 0.490. The Morgan fingerprint density at radius 2 is 1.53 bits per heavy atom. The Bertz CT molecular complexity index is 954. The average molecular weight is 433 g/mol. The predicted molar refractivity (Wildman–Crippen MR) is 120 cm³/mol. The third-order valence-corrected chi connectivity index (χ3v) is 7.31. The van der Waals surface area contributed by atoms with Gasteiger partial charge in [0, 0.05) is 5.56 Å². The third kappa shape index (κ3) is 3.37. The molecule has 0 aromatic heterocycles. The van der Waals surface area contributed by atoms with Crippen LogP contribution in [0.3, 0.4) is 0 Å². The Labute approximate surface area is 191 Å². The summed E-state index contributed by atoms with van der Waals surface area (Å²) in [5, 5.41) is 39.3. The number of benzene rings is 1. The van der Waals surface area contributed by atoms with E-state index in [0.717, 1.165) is 24.8 Å². The molecule has 0 aliphatic carbocycles. The lowest BCUT2D eigenvalue weighted by atomic mass is 9.53. The number of fused-ring (bicyclic) bond motifs is 2. The first-order valence-corrected chi connectivity index (χ1v) is 11.6. The number of rotatable bonds is 9. The molecule has 0 saturated carbocycles. The molecular formula is C26H32N4O2. The molecule has 2 heterocycles. The molecule has 6 heteroatoms. The lowest BCUT2D eigenvalue weighted by Gasteiger charge is -2.48. The predicted octanol–water partition coefficient (Wildman–Crippen LogP) is 5.87. The van der Waals surface area contributed by atoms with Crippen molar-refractivity contribution in [3.63, 3.8) is 0 Å². The molecule has 3 rings (SSSR count). The number of nitrogens with one attached hydrogen (secondary N) is 1. The van der Waals surface area contributed by atoms with Crippen molar-refractivity contribution in [2.24, 2.45) is 16.7 Å². The molecule has 1 N–H and O–H groups in total. The second-order valence-electron chi connectivity index (χ2n) is 9.15. The standard InChI is InChI=1S/C26H32N4O2/c1-4-5-6-7-8-9-10-11-22-24(16-27,17-28)25(18-29)20(3)26(31-22,32-23(25)30)21-14-12-19(2)13-15-21/h12-15,20,22,30H,4-11H2,1-3H3. The zero-order chi connectivity index (χ0) is 23.4. The second kappa shape index (κ2) is 9.32. The van der Waals surface area contributed by atoms with Crippen LogP contribution in [0.2, 0.25) is 0 Å². The van der Waals surface area contributed by atoms with Gasteiger partial charge in [-0.2, -0.15) is 15.8 Å². The minimum Gasteiger partial charge on any atom is -0.443 e. The minimum absolute atomic E-state index is 0.349. The van der Waals surface area contributed by atoms with Crippen molar-refractivity contribution in [2.75, 3.05) is 0 Å². The summed E-state index contributed by atoms with van der Waals surface area (Å²) in [5.41, 5.74) is -1.72. The number of ether oxygens (including phenoxy) is 2. The van der Waals surface area contributed by atoms with Gasteiger partial charge in [0.05, 0.1) is 30.2 Å². The van der Waals surface area contributed by atoms with Crippen LogP contribution in [0.4, 0.5) is 0 Å². The van der Waals surface area contributed by atoms with Gasteiger partial charge in [-0.05, 0) is 13.3 Å². The van der Waals surface area contributed by atoms with Crippen molar-refractivity contribution in [3.8, 4) is 18.2 Å². The van der Waals surface area contributed by atoms with Crippen LogP contribution in [-0.4, -0.2) is 12.0 Å². The highest BCUT2D eigenvalue weighted by Crippen LogP contribution is 2.66. The van der Waals surface area contributed by atoms with E-state index in [1.54, 1.807) is 6.92 Å². The Morgan fingerprint density at radius 1 is 0.938 bits per heavy atom. The van der Waals surface area contributed by atoms with Crippen LogP contribution in [0.25, 0.3) is 0 Å². The molecule has 0 amide bonds. The van der Waals surface area contributed by atoms with Gasteiger partial charge in [-0.15, -0.1) is 0 Å². The summed E-state index contributed by atoms with van der Waals surface area (Å²) in [6.07, 6.45) is 7.31. The summed E-state index contributed by atoms with van der Waals surface area (Å²) in [6, 6.07) is 14.0. The van der Waals surface area contributed by atoms with E-state index >= 15 is 0 Å². The maximum absolute atomic E-state index is 10.3. The number of aryl methyl sites for hydroxylation is 1. The highest BCUT2D eigenvalue weighted by Gasteiger charge is 2.79. The van der Waals surface area contributed by atoms with E-state index in [0.29, 0.717) is 12.0 Å². The van der Waals surface area contributed by atoms with Gasteiger partial charge in [-0.3, -0.25) is 5.41 Å². The highest BCUT2D eigenvalue weighted by molar-refractivity contribution is 5.89. The smallest absolute Gasteiger partial charge is 0.243 e. The molecule has 6 nitrogen and oxygen atoms in total. The van der Waals surface area contributed by atoms with Crippen LogP contribution in [0, 0.1) is 63.1 Å². The molecule has 1 aromatic carbocycles. The minimum atomic E-state index is -1.80. The van der Waals surface area contributed by atoms with Crippen molar-refractivity contribution in [2.45, 2.75) is 84.0 Å². The van der Waals surface area contributed by atoms with E-state index in [-0.39, 0.29) is 5.90 Å². The van der Waals surface area contributed by atoms with E-state index < -0.39 is 28.6 Å². The van der Waals surface area contributed by atoms with Crippen LogP contribution in [0.5, 0.6) is 0 Å². The molecule has 2 aliphatic heterocycles. The number of nitrogens with zero attached hydrogens (tertiary/aromatic N) is 3. The molecule has 2 bridgehead atoms. The van der Waals surface area contributed by atoms with Gasteiger partial charge in [0.25, 0.3) is 0 Å². The van der Waals surface area contributed by atoms with E-state index in [4.69, 9.17) is 14.9 Å². The highest BCUT2D eigenvalue weighted by atomic mass is 16.7. The average Bonchev–Trinajstić information content (AvgIpc) is 2.96. The van der Waals surface area contributed by atoms with Crippen molar-refractivity contribution < 1.29 is 9.47 Å². The van der Waals surface area contributed by atoms with Crippen LogP contribution in [0.1, 0.15) is 76.3 Å². The van der Waals surface area contributed by atoms with Gasteiger partial charge in [0.15, 0.2) is 10.8 Å². The van der Waals surface area contributed by atoms with E-state index in [9.17, 15) is 15.8 Å². The van der Waals surface area contributed by atoms with Crippen molar-refractivity contribution in [1.82, 2.24) is 0 Å². The number of hydrogen-bond donors (Lipinski definition) is 1. The monoisotopic (exact) mass is 432 g/mol. The zero-order valence-corrected chi connectivity index (χ0v) is 19.3. The van der Waals surface area contributed by atoms with Gasteiger partial charge < -0.3 is 9.47 Å². The Kier molecular flexibility index (Phi) is 6.92. The van der Waals surface area contributed by atoms with Crippen molar-refractivity contribution in [3.05, 3.63) is 35.4 Å². The fraction of sp³-hybridized carbons (Fsp3) is 0.615. The van der Waals surface area contributed by atoms with Gasteiger partial charge in [-0.25, -0.2) is 0 Å². The normalized spacial score (nSPS) is 30.1. The van der Waals surface area contributed by atoms with Crippen LogP contribution >= 0.6 is 0 Å². The SMILES string of the molecule is CCCCCCCCCC1OC2(c3ccc(C)cc3)OC(=N)C(C#N)(C2C)C1(C#N)C#N. The number of hydrogen-bond acceptors (Lipinski definition) is 6. The zero-order valence-electron chi connectivity index (χ0n) is 19.3. The molecule has 4 unspecified atom stereocenters. The molecule has 32 heavy (non-hydrogen) atoms. The number of nitriles is 3. The fourth-order valence-corrected chi connectivity index (χ4v) is 5.31. The lowest BCUT2D eigenvalue weighted by molar-refractivity contribution is -0.286. The van der Waals surface area contributed by atoms with Gasteiger partial charge in [0.1, 0.15) is 0 Å². The lowest BCUT2D eigenvalue weighted by Crippen LogP contribution is -2.60. The first-order chi connectivity index (χ1) is 15.4. The summed E-state index contributed by atoms with van der Waals surface area (Å²) in [4.78, 5) is 0. The van der Waals surface area contributed by atoms with E-state index in [1.165, 1.54) is 25.7 Å². The first-order valence-electron chi connectivity index (χ1n) is 11.6. The molecule has 2 aliphatic rings. The molecule has 0 radical (unpaired) electrons. The summed E-state index contributed by atoms with van der Waals surface area (Å²) < 4.78 is 12.5. The maximum atomic E-state index is 10.3. The molecule has 1 aromatic rings. The molecule has 2 fully saturated rings. The largest absolute Gasteiger partial charge is 0.443 e. The Morgan fingerprint density at radius 3 is 2.09 bits per heavy atom. The molecule has 4 atom stereocenters. The molecule has 0 spiro atoms. The van der Waals surface area contributed by atoms with Crippen molar-refractivity contribution >= 4 is 5.90 Å². The first kappa shape index (κ1) is 23.8. The summed E-state index contributed by atoms with van der Waals surface area (Å²) in [5.74, 6) is -2.40. The third-order valence-electron chi connectivity index (χ3n) is 7.31. The fourth-order valence-electron chi connectivity index (χ4n) is 5.31. The van der Waals surface area contributed by atoms with Crippen LogP contribution < -0.4 is 0 Å². The topological polar surface area (TPSA) is 114 Å². The molecular weight excluding hydrogens is 400 g/mol. The number of unbranched alkanes of at least 4 members (excludes halogenated alkanes) is 6. The summed E-state index contributed by atoms with van der Waals surface area (Å²) in [7, 11) is 0. The van der Waals surface area contributed by atoms with Crippen molar-refractivity contribution in [1.29, 1.82) is 21.2 Å². The Hall–Kier alpha value is -2.88. The van der Waals surface area contributed by atoms with Gasteiger partial charge in [-0.1, -0.05) is 88.6 Å². The molecule has 168 valence electrons. The Balaban J connectivity index is 1.95. The maximum Gasteiger partial charge on any atom is 0.243 e. The summed E-state index contributed by atoms with van der Waals surface area (Å²) >= 11 is 0. The van der Waals surface area contributed by atoms with Gasteiger partial charge >= 0.3 is 0 Å². The summed E-state index contributed by atoms with van der Waals surface area (Å²) in [6.45, 7) is 5.91. The van der Waals surface area contributed by atoms with Crippen LogP contribution in [0.15, 0.2) is 24.3 Å². The van der Waals surface area contributed by atoms with Gasteiger partial charge in [0.2, 0.25) is 11.7 Å². The van der Waals surface area contributed by atoms with E-state index in [2.05, 4.69) is 25.1 Å². The van der Waals surface area contributed by atoms with E-state index in [1.807, 2.05) is 31.2 Å². The second-order valence-corrected chi connectivity index (χ2v) is 9.15. The van der Waals surface area contributed by atoms with Crippen LogP contribution in [-0.2, 0) is 15.3 Å². The molecule has 2 saturated heterocycles.